The highest BCUT2D eigenvalue weighted by atomic mass is 32.2. The van der Waals surface area contributed by atoms with Gasteiger partial charge in [-0.1, -0.05) is 0 Å². The number of likely N-dealkylation sites (N-methyl/N-ethyl adjacent to an activating group) is 1. The molecule has 1 aliphatic heterocycles. The standard InChI is InChI=1S/C11H22N2O6S/c1-11(2,3)19-10(14)12-20(15,16)13(4)7-9-8-17-5-6-18-9/h9H,5-8H2,1-4H3,(H,12,14)/t9-/m1/s1. The molecule has 8 nitrogen and oxygen atoms in total. The fourth-order valence-corrected chi connectivity index (χ4v) is 2.28. The van der Waals surface area contributed by atoms with Crippen molar-refractivity contribution in [2.45, 2.75) is 32.5 Å². The van der Waals surface area contributed by atoms with Gasteiger partial charge in [-0.25, -0.2) is 9.52 Å². The third-order valence-corrected chi connectivity index (χ3v) is 3.76. The van der Waals surface area contributed by atoms with Crippen molar-refractivity contribution in [3.63, 3.8) is 0 Å². The fourth-order valence-electron chi connectivity index (χ4n) is 1.51. The number of hydrogen-bond donors (Lipinski definition) is 1. The second-order valence-corrected chi connectivity index (χ2v) is 7.23. The summed E-state index contributed by atoms with van der Waals surface area (Å²) < 4.78 is 42.1. The number of hydrogen-bond acceptors (Lipinski definition) is 6. The summed E-state index contributed by atoms with van der Waals surface area (Å²) in [6.07, 6.45) is -1.35. The van der Waals surface area contributed by atoms with Gasteiger partial charge in [0.25, 0.3) is 0 Å². The number of nitrogens with one attached hydrogen (secondary N) is 1. The molecule has 118 valence electrons. The smallest absolute Gasteiger partial charge is 0.422 e. The van der Waals surface area contributed by atoms with E-state index in [2.05, 4.69) is 0 Å². The first-order chi connectivity index (χ1) is 9.10. The summed E-state index contributed by atoms with van der Waals surface area (Å²) >= 11 is 0. The average Bonchev–Trinajstić information content (AvgIpc) is 2.26. The van der Waals surface area contributed by atoms with Gasteiger partial charge in [0.2, 0.25) is 0 Å². The van der Waals surface area contributed by atoms with E-state index in [1.54, 1.807) is 20.8 Å². The van der Waals surface area contributed by atoms with Crippen LogP contribution in [0.15, 0.2) is 0 Å². The summed E-state index contributed by atoms with van der Waals surface area (Å²) in [5.74, 6) is 0. The van der Waals surface area contributed by atoms with Crippen LogP contribution in [-0.4, -0.2) is 63.9 Å². The largest absolute Gasteiger partial charge is 0.443 e. The number of carbonyl (C=O) groups excluding carboxylic acids is 1. The number of amides is 1. The Bertz CT molecular complexity index is 425. The first-order valence-electron chi connectivity index (χ1n) is 6.26. The van der Waals surface area contributed by atoms with Crippen LogP contribution in [0, 0.1) is 0 Å². The number of rotatable bonds is 4. The molecule has 1 aliphatic rings. The molecular weight excluding hydrogens is 288 g/mol. The minimum absolute atomic E-state index is 0.0954. The minimum Gasteiger partial charge on any atom is -0.443 e. The molecule has 1 atom stereocenters. The molecule has 1 rings (SSSR count). The lowest BCUT2D eigenvalue weighted by Gasteiger charge is -2.27. The quantitative estimate of drug-likeness (QED) is 0.791. The molecule has 0 aromatic heterocycles. The molecule has 0 aromatic rings. The Labute approximate surface area is 119 Å². The van der Waals surface area contributed by atoms with Gasteiger partial charge in [0.15, 0.2) is 0 Å². The molecule has 1 fully saturated rings. The maximum absolute atomic E-state index is 11.9. The maximum atomic E-state index is 11.9. The number of ether oxygens (including phenoxy) is 3. The Kier molecular flexibility index (Phi) is 5.75. The van der Waals surface area contributed by atoms with Crippen LogP contribution in [0.2, 0.25) is 0 Å². The normalized spacial score (nSPS) is 20.8. The lowest BCUT2D eigenvalue weighted by molar-refractivity contribution is -0.0909. The molecule has 0 aromatic carbocycles. The first-order valence-corrected chi connectivity index (χ1v) is 7.70. The first kappa shape index (κ1) is 17.2. The van der Waals surface area contributed by atoms with Gasteiger partial charge in [-0.3, -0.25) is 0 Å². The van der Waals surface area contributed by atoms with E-state index in [1.165, 1.54) is 7.05 Å². The van der Waals surface area contributed by atoms with Crippen molar-refractivity contribution in [1.29, 1.82) is 0 Å². The molecule has 1 heterocycles. The lowest BCUT2D eigenvalue weighted by atomic mass is 10.2. The summed E-state index contributed by atoms with van der Waals surface area (Å²) in [5, 5.41) is 0. The van der Waals surface area contributed by atoms with Crippen LogP contribution in [-0.2, 0) is 24.4 Å². The van der Waals surface area contributed by atoms with Gasteiger partial charge in [0.1, 0.15) is 5.60 Å². The molecule has 0 spiro atoms. The highest BCUT2D eigenvalue weighted by molar-refractivity contribution is 7.87. The zero-order valence-electron chi connectivity index (χ0n) is 12.2. The van der Waals surface area contributed by atoms with E-state index >= 15 is 0 Å². The molecule has 0 radical (unpaired) electrons. The van der Waals surface area contributed by atoms with Crippen molar-refractivity contribution in [2.24, 2.45) is 0 Å². The Morgan fingerprint density at radius 1 is 1.40 bits per heavy atom. The number of nitrogens with zero attached hydrogens (tertiary/aromatic N) is 1. The molecule has 1 saturated heterocycles. The van der Waals surface area contributed by atoms with E-state index < -0.39 is 21.9 Å². The average molecular weight is 310 g/mol. The molecule has 1 N–H and O–H groups in total. The predicted molar refractivity (Wildman–Crippen MR) is 71.5 cm³/mol. The van der Waals surface area contributed by atoms with Gasteiger partial charge in [-0.15, -0.1) is 0 Å². The Hall–Kier alpha value is -0.900. The van der Waals surface area contributed by atoms with Crippen molar-refractivity contribution in [3.8, 4) is 0 Å². The van der Waals surface area contributed by atoms with E-state index in [0.717, 1.165) is 4.31 Å². The highest BCUT2D eigenvalue weighted by Gasteiger charge is 2.27. The summed E-state index contributed by atoms with van der Waals surface area (Å²) in [6, 6.07) is 0. The third kappa shape index (κ3) is 6.04. The summed E-state index contributed by atoms with van der Waals surface area (Å²) in [4.78, 5) is 11.5. The monoisotopic (exact) mass is 310 g/mol. The number of carbonyl (C=O) groups is 1. The van der Waals surface area contributed by atoms with Crippen molar-refractivity contribution in [3.05, 3.63) is 0 Å². The Morgan fingerprint density at radius 2 is 2.05 bits per heavy atom. The maximum Gasteiger partial charge on any atom is 0.422 e. The van der Waals surface area contributed by atoms with E-state index in [1.807, 2.05) is 4.72 Å². The van der Waals surface area contributed by atoms with Crippen molar-refractivity contribution < 1.29 is 27.4 Å². The second kappa shape index (κ2) is 6.70. The van der Waals surface area contributed by atoms with Crippen molar-refractivity contribution in [2.75, 3.05) is 33.4 Å². The summed E-state index contributed by atoms with van der Waals surface area (Å²) in [7, 11) is -2.61. The van der Waals surface area contributed by atoms with E-state index in [9.17, 15) is 13.2 Å². The van der Waals surface area contributed by atoms with Gasteiger partial charge in [0.05, 0.1) is 25.9 Å². The van der Waals surface area contributed by atoms with Crippen molar-refractivity contribution in [1.82, 2.24) is 9.03 Å². The highest BCUT2D eigenvalue weighted by Crippen LogP contribution is 2.08. The zero-order valence-corrected chi connectivity index (χ0v) is 13.0. The topological polar surface area (TPSA) is 94.2 Å². The Morgan fingerprint density at radius 3 is 2.55 bits per heavy atom. The Balaban J connectivity index is 2.52. The van der Waals surface area contributed by atoms with Gasteiger partial charge in [0, 0.05) is 13.6 Å². The summed E-state index contributed by atoms with van der Waals surface area (Å²) in [6.45, 7) is 6.30. The van der Waals surface area contributed by atoms with E-state index in [-0.39, 0.29) is 12.6 Å². The lowest BCUT2D eigenvalue weighted by Crippen LogP contribution is -2.47. The molecule has 0 unspecified atom stereocenters. The van der Waals surface area contributed by atoms with Crippen LogP contribution in [0.3, 0.4) is 0 Å². The van der Waals surface area contributed by atoms with Gasteiger partial charge in [-0.05, 0) is 20.8 Å². The predicted octanol–water partition coefficient (Wildman–Crippen LogP) is 0.103. The molecular formula is C11H22N2O6S. The van der Waals surface area contributed by atoms with Crippen LogP contribution in [0.1, 0.15) is 20.8 Å². The van der Waals surface area contributed by atoms with E-state index in [4.69, 9.17) is 14.2 Å². The fraction of sp³-hybridized carbons (Fsp3) is 0.909. The second-order valence-electron chi connectivity index (χ2n) is 5.46. The van der Waals surface area contributed by atoms with Crippen LogP contribution < -0.4 is 4.72 Å². The van der Waals surface area contributed by atoms with E-state index in [0.29, 0.717) is 19.8 Å². The third-order valence-electron chi connectivity index (χ3n) is 2.37. The van der Waals surface area contributed by atoms with Gasteiger partial charge < -0.3 is 14.2 Å². The van der Waals surface area contributed by atoms with Crippen LogP contribution in [0.5, 0.6) is 0 Å². The van der Waals surface area contributed by atoms with Gasteiger partial charge in [-0.2, -0.15) is 12.7 Å². The SMILES string of the molecule is CN(C[C@@H]1COCCO1)S(=O)(=O)NC(=O)OC(C)(C)C. The van der Waals surface area contributed by atoms with Crippen LogP contribution >= 0.6 is 0 Å². The molecule has 0 saturated carbocycles. The zero-order chi connectivity index (χ0) is 15.4. The molecule has 0 bridgehead atoms. The molecule has 1 amide bonds. The van der Waals surface area contributed by atoms with Crippen molar-refractivity contribution >= 4 is 16.3 Å². The molecule has 0 aliphatic carbocycles. The molecule has 20 heavy (non-hydrogen) atoms. The van der Waals surface area contributed by atoms with Crippen LogP contribution in [0.4, 0.5) is 4.79 Å². The van der Waals surface area contributed by atoms with Crippen LogP contribution in [0.25, 0.3) is 0 Å². The summed E-state index contributed by atoms with van der Waals surface area (Å²) in [5.41, 5.74) is -0.765. The minimum atomic E-state index is -3.96. The van der Waals surface area contributed by atoms with Gasteiger partial charge >= 0.3 is 16.3 Å². The molecule has 9 heteroatoms.